The maximum Gasteiger partial charge on any atom is 0.225 e. The molecule has 0 aromatic heterocycles. The zero-order valence-electron chi connectivity index (χ0n) is 18.2. The van der Waals surface area contributed by atoms with E-state index in [1.54, 1.807) is 0 Å². The van der Waals surface area contributed by atoms with Crippen molar-refractivity contribution in [3.63, 3.8) is 0 Å². The second-order valence-electron chi connectivity index (χ2n) is 8.26. The molecule has 1 fully saturated rings. The second kappa shape index (κ2) is 10.6. The lowest BCUT2D eigenvalue weighted by molar-refractivity contribution is -0.116. The van der Waals surface area contributed by atoms with Crippen LogP contribution in [0.25, 0.3) is 0 Å². The van der Waals surface area contributed by atoms with Crippen molar-refractivity contribution < 1.29 is 4.79 Å². The topological polar surface area (TPSA) is 68.8 Å². The number of amides is 1. The van der Waals surface area contributed by atoms with Crippen molar-refractivity contribution in [3.8, 4) is 0 Å². The minimum Gasteiger partial charge on any atom is -0.356 e. The number of carbonyl (C=O) groups excluding carboxylic acids is 1. The van der Waals surface area contributed by atoms with E-state index in [0.29, 0.717) is 24.9 Å². The molecular weight excluding hydrogens is 362 g/mol. The lowest BCUT2D eigenvalue weighted by Gasteiger charge is -2.34. The molecule has 29 heavy (non-hydrogen) atoms. The van der Waals surface area contributed by atoms with Crippen LogP contribution in [0.4, 0.5) is 5.69 Å². The van der Waals surface area contributed by atoms with Gasteiger partial charge in [0, 0.05) is 44.2 Å². The molecular formula is C23H37N5O. The Balaban J connectivity index is 1.58. The number of fused-ring (bicyclic) bond motifs is 1. The van der Waals surface area contributed by atoms with Crippen LogP contribution in [0.1, 0.15) is 57.4 Å². The molecule has 0 radical (unpaired) electrons. The van der Waals surface area contributed by atoms with Gasteiger partial charge in [0.05, 0.1) is 0 Å². The average molecular weight is 400 g/mol. The van der Waals surface area contributed by atoms with Crippen LogP contribution in [0.2, 0.25) is 0 Å². The predicted octanol–water partition coefficient (Wildman–Crippen LogP) is 3.18. The minimum absolute atomic E-state index is 0.0845. The Hall–Kier alpha value is -2.08. The molecule has 160 valence electrons. The van der Waals surface area contributed by atoms with Crippen molar-refractivity contribution >= 4 is 17.6 Å². The van der Waals surface area contributed by atoms with E-state index in [0.717, 1.165) is 18.2 Å². The third-order valence-corrected chi connectivity index (χ3v) is 6.53. The third-order valence-electron chi connectivity index (χ3n) is 6.53. The van der Waals surface area contributed by atoms with Gasteiger partial charge in [-0.15, -0.1) is 0 Å². The largest absolute Gasteiger partial charge is 0.356 e. The van der Waals surface area contributed by atoms with Crippen molar-refractivity contribution in [2.45, 2.75) is 57.9 Å². The molecule has 1 aromatic rings. The Morgan fingerprint density at radius 2 is 1.93 bits per heavy atom. The number of carbonyl (C=O) groups is 1. The van der Waals surface area contributed by atoms with Crippen LogP contribution in [0.3, 0.4) is 0 Å². The smallest absolute Gasteiger partial charge is 0.225 e. The standard InChI is InChI=1S/C23H37N5O/c1-4-17(5-2)21(28-12-8-9-13-28)16-26-23(24-3)25-15-18-14-22(29)27-20-11-7-6-10-19(18)20/h6-7,10-11,17-18,21H,4-5,8-9,12-16H2,1-3H3,(H,27,29)(H2,24,25,26). The molecule has 0 aliphatic carbocycles. The average Bonchev–Trinajstić information content (AvgIpc) is 3.27. The molecule has 2 atom stereocenters. The van der Waals surface area contributed by atoms with E-state index >= 15 is 0 Å². The zero-order chi connectivity index (χ0) is 20.6. The highest BCUT2D eigenvalue weighted by Gasteiger charge is 2.28. The first kappa shape index (κ1) is 21.6. The lowest BCUT2D eigenvalue weighted by Crippen LogP contribution is -2.50. The first-order valence-electron chi connectivity index (χ1n) is 11.2. The summed E-state index contributed by atoms with van der Waals surface area (Å²) in [6, 6.07) is 8.63. The zero-order valence-corrected chi connectivity index (χ0v) is 18.2. The van der Waals surface area contributed by atoms with E-state index in [1.165, 1.54) is 44.3 Å². The first-order valence-corrected chi connectivity index (χ1v) is 11.2. The Bertz CT molecular complexity index is 692. The summed E-state index contributed by atoms with van der Waals surface area (Å²) in [6.45, 7) is 8.63. The maximum atomic E-state index is 12.1. The molecule has 1 saturated heterocycles. The van der Waals surface area contributed by atoms with Gasteiger partial charge in [-0.25, -0.2) is 0 Å². The van der Waals surface area contributed by atoms with Crippen LogP contribution in [-0.4, -0.2) is 56.0 Å². The predicted molar refractivity (Wildman–Crippen MR) is 120 cm³/mol. The molecule has 2 aliphatic heterocycles. The van der Waals surface area contributed by atoms with E-state index in [-0.39, 0.29) is 11.8 Å². The fourth-order valence-electron chi connectivity index (χ4n) is 4.83. The summed E-state index contributed by atoms with van der Waals surface area (Å²) in [7, 11) is 1.82. The second-order valence-corrected chi connectivity index (χ2v) is 8.26. The van der Waals surface area contributed by atoms with Crippen LogP contribution in [-0.2, 0) is 4.79 Å². The van der Waals surface area contributed by atoms with E-state index in [9.17, 15) is 4.79 Å². The number of guanidine groups is 1. The first-order chi connectivity index (χ1) is 14.2. The van der Waals surface area contributed by atoms with Gasteiger partial charge in [0.25, 0.3) is 0 Å². The fourth-order valence-corrected chi connectivity index (χ4v) is 4.83. The van der Waals surface area contributed by atoms with Crippen LogP contribution < -0.4 is 16.0 Å². The summed E-state index contributed by atoms with van der Waals surface area (Å²) < 4.78 is 0. The number of nitrogens with one attached hydrogen (secondary N) is 3. The summed E-state index contributed by atoms with van der Waals surface area (Å²) in [5, 5.41) is 10.00. The van der Waals surface area contributed by atoms with Gasteiger partial charge in [0.15, 0.2) is 5.96 Å². The molecule has 1 amide bonds. The van der Waals surface area contributed by atoms with E-state index in [4.69, 9.17) is 0 Å². The number of hydrogen-bond acceptors (Lipinski definition) is 3. The van der Waals surface area contributed by atoms with Crippen LogP contribution in [0.15, 0.2) is 29.3 Å². The summed E-state index contributed by atoms with van der Waals surface area (Å²) in [4.78, 5) is 19.1. The number of rotatable bonds is 8. The third kappa shape index (κ3) is 5.50. The number of nitrogens with zero attached hydrogens (tertiary/aromatic N) is 2. The quantitative estimate of drug-likeness (QED) is 0.464. The van der Waals surface area contributed by atoms with Gasteiger partial charge in [-0.2, -0.15) is 0 Å². The van der Waals surface area contributed by atoms with Gasteiger partial charge in [0.2, 0.25) is 5.91 Å². The van der Waals surface area contributed by atoms with Crippen molar-refractivity contribution in [1.29, 1.82) is 0 Å². The minimum atomic E-state index is 0.0845. The Kier molecular flexibility index (Phi) is 7.92. The lowest BCUT2D eigenvalue weighted by atomic mass is 9.90. The molecule has 3 rings (SSSR count). The highest BCUT2D eigenvalue weighted by Crippen LogP contribution is 2.31. The van der Waals surface area contributed by atoms with Gasteiger partial charge in [0.1, 0.15) is 0 Å². The van der Waals surface area contributed by atoms with E-state index in [2.05, 4.69) is 45.8 Å². The molecule has 3 N–H and O–H groups in total. The molecule has 0 saturated carbocycles. The molecule has 2 aliphatic rings. The van der Waals surface area contributed by atoms with Crippen molar-refractivity contribution in [2.24, 2.45) is 10.9 Å². The summed E-state index contributed by atoms with van der Waals surface area (Å²) in [5.41, 5.74) is 2.13. The Labute approximate surface area is 175 Å². The summed E-state index contributed by atoms with van der Waals surface area (Å²) in [6.07, 6.45) is 5.55. The van der Waals surface area contributed by atoms with Crippen LogP contribution >= 0.6 is 0 Å². The number of anilines is 1. The highest BCUT2D eigenvalue weighted by atomic mass is 16.1. The van der Waals surface area contributed by atoms with E-state index in [1.807, 2.05) is 25.2 Å². The number of hydrogen-bond donors (Lipinski definition) is 3. The van der Waals surface area contributed by atoms with Crippen molar-refractivity contribution in [1.82, 2.24) is 15.5 Å². The normalized spacial score (nSPS) is 21.0. The molecule has 0 bridgehead atoms. The van der Waals surface area contributed by atoms with Gasteiger partial charge in [-0.1, -0.05) is 44.9 Å². The molecule has 6 heteroatoms. The molecule has 0 spiro atoms. The molecule has 1 aromatic carbocycles. The van der Waals surface area contributed by atoms with Gasteiger partial charge >= 0.3 is 0 Å². The molecule has 2 heterocycles. The van der Waals surface area contributed by atoms with Crippen molar-refractivity contribution in [2.75, 3.05) is 38.5 Å². The van der Waals surface area contributed by atoms with Gasteiger partial charge in [-0.3, -0.25) is 14.7 Å². The van der Waals surface area contributed by atoms with Gasteiger partial charge in [-0.05, 0) is 43.5 Å². The van der Waals surface area contributed by atoms with Gasteiger partial charge < -0.3 is 16.0 Å². The molecule has 2 unspecified atom stereocenters. The SMILES string of the molecule is CCC(CC)C(CNC(=NC)NCC1CC(=O)Nc2ccccc21)N1CCCC1. The Morgan fingerprint density at radius 1 is 1.21 bits per heavy atom. The van der Waals surface area contributed by atoms with Crippen LogP contribution in [0, 0.1) is 5.92 Å². The highest BCUT2D eigenvalue weighted by molar-refractivity contribution is 5.94. The number of benzene rings is 1. The summed E-state index contributed by atoms with van der Waals surface area (Å²) >= 11 is 0. The van der Waals surface area contributed by atoms with Crippen LogP contribution in [0.5, 0.6) is 0 Å². The summed E-state index contributed by atoms with van der Waals surface area (Å²) in [5.74, 6) is 1.77. The number of para-hydroxylation sites is 1. The molecule has 6 nitrogen and oxygen atoms in total. The van der Waals surface area contributed by atoms with Crippen molar-refractivity contribution in [3.05, 3.63) is 29.8 Å². The number of aliphatic imine (C=N–C) groups is 1. The maximum absolute atomic E-state index is 12.1. The Morgan fingerprint density at radius 3 is 2.62 bits per heavy atom. The fraction of sp³-hybridized carbons (Fsp3) is 0.652. The van der Waals surface area contributed by atoms with E-state index < -0.39 is 0 Å². The monoisotopic (exact) mass is 399 g/mol. The number of likely N-dealkylation sites (tertiary alicyclic amines) is 1.